The van der Waals surface area contributed by atoms with Crippen LogP contribution in [0.2, 0.25) is 5.02 Å². The summed E-state index contributed by atoms with van der Waals surface area (Å²) in [5.41, 5.74) is 3.23. The molecule has 1 heterocycles. The first-order valence-electron chi connectivity index (χ1n) is 9.16. The van der Waals surface area contributed by atoms with E-state index in [-0.39, 0.29) is 5.91 Å². The van der Waals surface area contributed by atoms with Crippen molar-refractivity contribution < 1.29 is 4.79 Å². The lowest BCUT2D eigenvalue weighted by atomic mass is 10.1. The summed E-state index contributed by atoms with van der Waals surface area (Å²) in [7, 11) is 0. The van der Waals surface area contributed by atoms with Crippen molar-refractivity contribution in [2.24, 2.45) is 5.92 Å². The number of carbonyl (C=O) groups excluding carboxylic acids is 1. The molecule has 4 nitrogen and oxygen atoms in total. The zero-order chi connectivity index (χ0) is 18.5. The van der Waals surface area contributed by atoms with Gasteiger partial charge in [0.25, 0.3) is 0 Å². The molecule has 1 aliphatic rings. The summed E-state index contributed by atoms with van der Waals surface area (Å²) < 4.78 is 0. The van der Waals surface area contributed by atoms with Gasteiger partial charge in [0.2, 0.25) is 5.91 Å². The van der Waals surface area contributed by atoms with Crippen LogP contribution in [0.4, 0.5) is 17.1 Å². The van der Waals surface area contributed by atoms with E-state index >= 15 is 0 Å². The minimum absolute atomic E-state index is 0.0721. The second kappa shape index (κ2) is 8.45. The van der Waals surface area contributed by atoms with Crippen LogP contribution in [-0.4, -0.2) is 32.1 Å². The maximum absolute atomic E-state index is 11.9. The van der Waals surface area contributed by atoms with E-state index in [1.807, 2.05) is 44.2 Å². The molecule has 0 aliphatic carbocycles. The van der Waals surface area contributed by atoms with Gasteiger partial charge in [0, 0.05) is 54.7 Å². The molecule has 26 heavy (non-hydrogen) atoms. The smallest absolute Gasteiger partial charge is 0.224 e. The Hall–Kier alpha value is -2.20. The van der Waals surface area contributed by atoms with Crippen LogP contribution in [0.3, 0.4) is 0 Å². The van der Waals surface area contributed by atoms with Gasteiger partial charge in [-0.15, -0.1) is 0 Å². The predicted octanol–water partition coefficient (Wildman–Crippen LogP) is 4.65. The molecule has 3 rings (SSSR count). The Morgan fingerprint density at radius 3 is 2.19 bits per heavy atom. The fourth-order valence-corrected chi connectivity index (χ4v) is 3.42. The lowest BCUT2D eigenvalue weighted by Gasteiger charge is -2.37. The standard InChI is InChI=1S/C21H26ClN3O/c1-16(2)14-21(26)23-18-6-8-19(9-7-18)24-10-12-25(13-11-24)20-5-3-4-17(22)15-20/h3-9,15-16H,10-14H2,1-2H3,(H,23,26). The number of nitrogens with zero attached hydrogens (tertiary/aromatic N) is 2. The minimum atomic E-state index is 0.0721. The molecule has 0 saturated carbocycles. The number of amides is 1. The topological polar surface area (TPSA) is 35.6 Å². The molecule has 0 spiro atoms. The summed E-state index contributed by atoms with van der Waals surface area (Å²) in [5.74, 6) is 0.438. The summed E-state index contributed by atoms with van der Waals surface area (Å²) in [5, 5.41) is 3.74. The molecule has 1 amide bonds. The zero-order valence-corrected chi connectivity index (χ0v) is 16.2. The van der Waals surface area contributed by atoms with Crippen LogP contribution in [0.25, 0.3) is 0 Å². The number of benzene rings is 2. The number of carbonyl (C=O) groups is 1. The highest BCUT2D eigenvalue weighted by atomic mass is 35.5. The third kappa shape index (κ3) is 4.92. The van der Waals surface area contributed by atoms with Crippen LogP contribution in [-0.2, 0) is 4.79 Å². The van der Waals surface area contributed by atoms with Crippen molar-refractivity contribution in [2.45, 2.75) is 20.3 Å². The predicted molar refractivity (Wildman–Crippen MR) is 110 cm³/mol. The van der Waals surface area contributed by atoms with E-state index in [9.17, 15) is 4.79 Å². The average Bonchev–Trinajstić information content (AvgIpc) is 2.62. The van der Waals surface area contributed by atoms with Crippen LogP contribution in [0.15, 0.2) is 48.5 Å². The monoisotopic (exact) mass is 371 g/mol. The molecule has 0 atom stereocenters. The number of rotatable bonds is 5. The summed E-state index contributed by atoms with van der Waals surface area (Å²) >= 11 is 6.10. The quantitative estimate of drug-likeness (QED) is 0.830. The number of hydrogen-bond acceptors (Lipinski definition) is 3. The van der Waals surface area contributed by atoms with Gasteiger partial charge < -0.3 is 15.1 Å². The Bertz CT molecular complexity index is 737. The third-order valence-corrected chi connectivity index (χ3v) is 4.80. The van der Waals surface area contributed by atoms with Gasteiger partial charge in [0.05, 0.1) is 0 Å². The number of piperazine rings is 1. The average molecular weight is 372 g/mol. The molecule has 1 aliphatic heterocycles. The van der Waals surface area contributed by atoms with E-state index in [4.69, 9.17) is 11.6 Å². The Kier molecular flexibility index (Phi) is 6.04. The second-order valence-electron chi connectivity index (χ2n) is 7.15. The van der Waals surface area contributed by atoms with Crippen LogP contribution >= 0.6 is 11.6 Å². The first-order valence-corrected chi connectivity index (χ1v) is 9.54. The summed E-state index contributed by atoms with van der Waals surface area (Å²) in [6, 6.07) is 16.2. The zero-order valence-electron chi connectivity index (χ0n) is 15.4. The van der Waals surface area contributed by atoms with Crippen LogP contribution in [0.1, 0.15) is 20.3 Å². The fourth-order valence-electron chi connectivity index (χ4n) is 3.23. The first-order chi connectivity index (χ1) is 12.5. The lowest BCUT2D eigenvalue weighted by Crippen LogP contribution is -2.46. The molecule has 1 N–H and O–H groups in total. The van der Waals surface area contributed by atoms with Gasteiger partial charge in [0.1, 0.15) is 0 Å². The van der Waals surface area contributed by atoms with Crippen LogP contribution in [0, 0.1) is 5.92 Å². The van der Waals surface area contributed by atoms with Gasteiger partial charge in [0.15, 0.2) is 0 Å². The highest BCUT2D eigenvalue weighted by Crippen LogP contribution is 2.24. The number of nitrogens with one attached hydrogen (secondary N) is 1. The normalized spacial score (nSPS) is 14.6. The van der Waals surface area contributed by atoms with Crippen LogP contribution < -0.4 is 15.1 Å². The maximum Gasteiger partial charge on any atom is 0.224 e. The van der Waals surface area contributed by atoms with Crippen molar-refractivity contribution in [1.29, 1.82) is 0 Å². The minimum Gasteiger partial charge on any atom is -0.368 e. The number of hydrogen-bond donors (Lipinski definition) is 1. The third-order valence-electron chi connectivity index (χ3n) is 4.56. The van der Waals surface area contributed by atoms with E-state index in [0.717, 1.165) is 36.9 Å². The van der Waals surface area contributed by atoms with Crippen molar-refractivity contribution >= 4 is 34.6 Å². The Labute approximate surface area is 160 Å². The lowest BCUT2D eigenvalue weighted by molar-refractivity contribution is -0.116. The molecule has 5 heteroatoms. The molecule has 1 saturated heterocycles. The molecule has 2 aromatic carbocycles. The van der Waals surface area contributed by atoms with Crippen molar-refractivity contribution in [1.82, 2.24) is 0 Å². The van der Waals surface area contributed by atoms with E-state index < -0.39 is 0 Å². The van der Waals surface area contributed by atoms with E-state index in [1.54, 1.807) is 0 Å². The Balaban J connectivity index is 1.55. The number of halogens is 1. The summed E-state index contributed by atoms with van der Waals surface area (Å²) in [6.07, 6.45) is 0.549. The molecule has 2 aromatic rings. The van der Waals surface area contributed by atoms with Crippen molar-refractivity contribution in [3.8, 4) is 0 Å². The van der Waals surface area contributed by atoms with Crippen molar-refractivity contribution in [2.75, 3.05) is 41.3 Å². The molecule has 0 bridgehead atoms. The Morgan fingerprint density at radius 2 is 1.62 bits per heavy atom. The van der Waals surface area contributed by atoms with Gasteiger partial charge in [-0.2, -0.15) is 0 Å². The SMILES string of the molecule is CC(C)CC(=O)Nc1ccc(N2CCN(c3cccc(Cl)c3)CC2)cc1. The van der Waals surface area contributed by atoms with Gasteiger partial charge >= 0.3 is 0 Å². The molecular formula is C21H26ClN3O. The summed E-state index contributed by atoms with van der Waals surface area (Å²) in [4.78, 5) is 16.6. The van der Waals surface area contributed by atoms with Gasteiger partial charge in [-0.1, -0.05) is 31.5 Å². The first kappa shape index (κ1) is 18.6. The molecule has 0 radical (unpaired) electrons. The van der Waals surface area contributed by atoms with E-state index in [2.05, 4.69) is 33.3 Å². The van der Waals surface area contributed by atoms with E-state index in [1.165, 1.54) is 11.4 Å². The van der Waals surface area contributed by atoms with Gasteiger partial charge in [-0.25, -0.2) is 0 Å². The molecular weight excluding hydrogens is 346 g/mol. The second-order valence-corrected chi connectivity index (χ2v) is 7.58. The summed E-state index contributed by atoms with van der Waals surface area (Å²) in [6.45, 7) is 7.95. The van der Waals surface area contributed by atoms with Crippen molar-refractivity contribution in [3.63, 3.8) is 0 Å². The van der Waals surface area contributed by atoms with Crippen LogP contribution in [0.5, 0.6) is 0 Å². The number of anilines is 3. The molecule has 1 fully saturated rings. The molecule has 138 valence electrons. The maximum atomic E-state index is 11.9. The largest absolute Gasteiger partial charge is 0.368 e. The van der Waals surface area contributed by atoms with Gasteiger partial charge in [-0.05, 0) is 48.4 Å². The Morgan fingerprint density at radius 1 is 1.00 bits per heavy atom. The fraction of sp³-hybridized carbons (Fsp3) is 0.381. The van der Waals surface area contributed by atoms with Crippen molar-refractivity contribution in [3.05, 3.63) is 53.6 Å². The highest BCUT2D eigenvalue weighted by molar-refractivity contribution is 6.30. The van der Waals surface area contributed by atoms with Gasteiger partial charge in [-0.3, -0.25) is 4.79 Å². The molecule has 0 aromatic heterocycles. The highest BCUT2D eigenvalue weighted by Gasteiger charge is 2.17. The van der Waals surface area contributed by atoms with E-state index in [0.29, 0.717) is 12.3 Å². The molecule has 0 unspecified atom stereocenters.